The number of benzene rings is 2. The zero-order valence-corrected chi connectivity index (χ0v) is 18.3. The van der Waals surface area contributed by atoms with Crippen LogP contribution in [0.2, 0.25) is 0 Å². The summed E-state index contributed by atoms with van der Waals surface area (Å²) in [5.74, 6) is -2.37. The number of aryl methyl sites for hydroxylation is 1. The first-order valence-electron chi connectivity index (χ1n) is 10.8. The number of aromatic nitrogens is 2. The monoisotopic (exact) mass is 478 g/mol. The number of nitrogens with one attached hydrogen (secondary N) is 2. The molecule has 3 aromatic rings. The van der Waals surface area contributed by atoms with Crippen LogP contribution in [0.5, 0.6) is 0 Å². The van der Waals surface area contributed by atoms with E-state index in [0.29, 0.717) is 16.7 Å². The minimum atomic E-state index is -4.52. The molecule has 0 unspecified atom stereocenters. The van der Waals surface area contributed by atoms with Crippen molar-refractivity contribution in [1.29, 1.82) is 0 Å². The van der Waals surface area contributed by atoms with Crippen LogP contribution in [0.1, 0.15) is 47.7 Å². The Morgan fingerprint density at radius 2 is 1.82 bits per heavy atom. The average molecular weight is 478 g/mol. The van der Waals surface area contributed by atoms with Gasteiger partial charge in [0.2, 0.25) is 5.91 Å². The SMILES string of the molecule is CCc1ccc([C@H]2C[C@@H](C(F)(F)F)n3ncc(CC(=O)NCc4ccc(F)c(F)c4)c3N2)cc1. The first-order chi connectivity index (χ1) is 16.2. The van der Waals surface area contributed by atoms with E-state index in [4.69, 9.17) is 0 Å². The first kappa shape index (κ1) is 23.7. The third kappa shape index (κ3) is 5.05. The summed E-state index contributed by atoms with van der Waals surface area (Å²) < 4.78 is 68.8. The molecule has 4 rings (SSSR count). The van der Waals surface area contributed by atoms with Gasteiger partial charge in [0.15, 0.2) is 17.7 Å². The molecule has 1 amide bonds. The highest BCUT2D eigenvalue weighted by molar-refractivity contribution is 5.80. The lowest BCUT2D eigenvalue weighted by Gasteiger charge is -2.34. The van der Waals surface area contributed by atoms with Gasteiger partial charge in [-0.1, -0.05) is 37.3 Å². The normalized spacial score (nSPS) is 17.7. The van der Waals surface area contributed by atoms with Crippen LogP contribution in [0.25, 0.3) is 0 Å². The Hall–Kier alpha value is -3.43. The number of hydrogen-bond donors (Lipinski definition) is 2. The van der Waals surface area contributed by atoms with Crippen molar-refractivity contribution in [3.8, 4) is 0 Å². The van der Waals surface area contributed by atoms with E-state index in [0.717, 1.165) is 28.8 Å². The molecule has 10 heteroatoms. The van der Waals surface area contributed by atoms with Gasteiger partial charge < -0.3 is 10.6 Å². The zero-order valence-electron chi connectivity index (χ0n) is 18.3. The lowest BCUT2D eigenvalue weighted by Crippen LogP contribution is -2.36. The van der Waals surface area contributed by atoms with Crippen LogP contribution in [0.15, 0.2) is 48.7 Å². The standard InChI is InChI=1S/C24H23F5N4O/c1-2-14-3-6-16(7-4-14)20-11-21(24(27,28)29)33-23(32-20)17(13-31-33)10-22(34)30-12-15-5-8-18(25)19(26)9-15/h3-9,13,20-21,32H,2,10-12H2,1H3,(H,30,34)/t20-,21+/m1/s1. The van der Waals surface area contributed by atoms with Crippen molar-refractivity contribution in [3.63, 3.8) is 0 Å². The first-order valence-corrected chi connectivity index (χ1v) is 10.8. The van der Waals surface area contributed by atoms with Crippen LogP contribution >= 0.6 is 0 Å². The molecule has 0 fully saturated rings. The van der Waals surface area contributed by atoms with E-state index in [9.17, 15) is 26.7 Å². The average Bonchev–Trinajstić information content (AvgIpc) is 3.21. The molecule has 1 aromatic heterocycles. The summed E-state index contributed by atoms with van der Waals surface area (Å²) in [6.45, 7) is 1.94. The number of carbonyl (C=O) groups excluding carboxylic acids is 1. The second-order valence-electron chi connectivity index (χ2n) is 8.25. The Kier molecular flexibility index (Phi) is 6.58. The van der Waals surface area contributed by atoms with Gasteiger partial charge in [-0.3, -0.25) is 4.79 Å². The molecule has 0 bridgehead atoms. The van der Waals surface area contributed by atoms with Crippen LogP contribution in [0, 0.1) is 11.6 Å². The largest absolute Gasteiger partial charge is 0.410 e. The maximum atomic E-state index is 13.8. The minimum Gasteiger partial charge on any atom is -0.363 e. The van der Waals surface area contributed by atoms with Crippen LogP contribution in [0.3, 0.4) is 0 Å². The van der Waals surface area contributed by atoms with Gasteiger partial charge in [-0.25, -0.2) is 13.5 Å². The van der Waals surface area contributed by atoms with E-state index in [1.54, 1.807) is 0 Å². The van der Waals surface area contributed by atoms with Crippen LogP contribution in [0.4, 0.5) is 27.8 Å². The zero-order chi connectivity index (χ0) is 24.5. The molecule has 0 saturated heterocycles. The van der Waals surface area contributed by atoms with Gasteiger partial charge in [-0.05, 0) is 35.2 Å². The summed E-state index contributed by atoms with van der Waals surface area (Å²) in [7, 11) is 0. The summed E-state index contributed by atoms with van der Waals surface area (Å²) in [5.41, 5.74) is 2.46. The molecule has 2 heterocycles. The van der Waals surface area contributed by atoms with Crippen LogP contribution < -0.4 is 10.6 Å². The Morgan fingerprint density at radius 1 is 1.12 bits per heavy atom. The Bertz CT molecular complexity index is 1170. The fraction of sp³-hybridized carbons (Fsp3) is 0.333. The van der Waals surface area contributed by atoms with Crippen molar-refractivity contribution in [1.82, 2.24) is 15.1 Å². The number of alkyl halides is 3. The van der Waals surface area contributed by atoms with Gasteiger partial charge in [-0.15, -0.1) is 0 Å². The summed E-state index contributed by atoms with van der Waals surface area (Å²) in [4.78, 5) is 12.5. The van der Waals surface area contributed by atoms with Crippen molar-refractivity contribution in [2.45, 2.75) is 51.0 Å². The van der Waals surface area contributed by atoms with E-state index in [1.807, 2.05) is 31.2 Å². The van der Waals surface area contributed by atoms with Gasteiger partial charge >= 0.3 is 6.18 Å². The third-order valence-electron chi connectivity index (χ3n) is 5.93. The van der Waals surface area contributed by atoms with Crippen molar-refractivity contribution >= 4 is 11.7 Å². The molecule has 2 aromatic carbocycles. The van der Waals surface area contributed by atoms with Gasteiger partial charge in [-0.2, -0.15) is 18.3 Å². The predicted molar refractivity (Wildman–Crippen MR) is 116 cm³/mol. The minimum absolute atomic E-state index is 0.0511. The lowest BCUT2D eigenvalue weighted by molar-refractivity contribution is -0.173. The molecule has 5 nitrogen and oxygen atoms in total. The second-order valence-corrected chi connectivity index (χ2v) is 8.25. The van der Waals surface area contributed by atoms with E-state index in [-0.39, 0.29) is 25.2 Å². The summed E-state index contributed by atoms with van der Waals surface area (Å²) >= 11 is 0. The Balaban J connectivity index is 1.52. The smallest absolute Gasteiger partial charge is 0.363 e. The molecule has 2 N–H and O–H groups in total. The Morgan fingerprint density at radius 3 is 2.47 bits per heavy atom. The number of halogens is 5. The number of rotatable bonds is 6. The molecule has 1 aliphatic heterocycles. The number of fused-ring (bicyclic) bond motifs is 1. The molecule has 1 aliphatic rings. The van der Waals surface area contributed by atoms with Crippen molar-refractivity contribution < 1.29 is 26.7 Å². The van der Waals surface area contributed by atoms with E-state index < -0.39 is 35.8 Å². The number of hydrogen-bond acceptors (Lipinski definition) is 3. The highest BCUT2D eigenvalue weighted by Gasteiger charge is 2.46. The topological polar surface area (TPSA) is 59.0 Å². The molecule has 180 valence electrons. The molecule has 0 aliphatic carbocycles. The second kappa shape index (κ2) is 9.44. The highest BCUT2D eigenvalue weighted by atomic mass is 19.4. The van der Waals surface area contributed by atoms with Gasteiger partial charge in [0.05, 0.1) is 18.7 Å². The van der Waals surface area contributed by atoms with Crippen LogP contribution in [-0.4, -0.2) is 21.9 Å². The highest BCUT2D eigenvalue weighted by Crippen LogP contribution is 2.44. The fourth-order valence-corrected chi connectivity index (χ4v) is 4.03. The van der Waals surface area contributed by atoms with E-state index in [2.05, 4.69) is 15.7 Å². The molecule has 0 spiro atoms. The van der Waals surface area contributed by atoms with Gasteiger partial charge in [0.1, 0.15) is 5.82 Å². The van der Waals surface area contributed by atoms with Crippen molar-refractivity contribution in [2.24, 2.45) is 0 Å². The molecule has 2 atom stereocenters. The lowest BCUT2D eigenvalue weighted by atomic mass is 9.95. The van der Waals surface area contributed by atoms with Crippen LogP contribution in [-0.2, 0) is 24.2 Å². The van der Waals surface area contributed by atoms with E-state index >= 15 is 0 Å². The quantitative estimate of drug-likeness (QED) is 0.477. The van der Waals surface area contributed by atoms with Gasteiger partial charge in [0, 0.05) is 18.5 Å². The molecule has 0 saturated carbocycles. The number of carbonyl (C=O) groups is 1. The third-order valence-corrected chi connectivity index (χ3v) is 5.93. The predicted octanol–water partition coefficient (Wildman–Crippen LogP) is 5.24. The van der Waals surface area contributed by atoms with E-state index in [1.165, 1.54) is 12.3 Å². The number of amides is 1. The maximum absolute atomic E-state index is 13.8. The number of nitrogens with zero attached hydrogens (tertiary/aromatic N) is 2. The number of anilines is 1. The summed E-state index contributed by atoms with van der Waals surface area (Å²) in [6.07, 6.45) is -2.90. The maximum Gasteiger partial charge on any atom is 0.410 e. The molecular formula is C24H23F5N4O. The molecular weight excluding hydrogens is 455 g/mol. The molecule has 0 radical (unpaired) electrons. The fourth-order valence-electron chi connectivity index (χ4n) is 4.03. The van der Waals surface area contributed by atoms with Gasteiger partial charge in [0.25, 0.3) is 0 Å². The van der Waals surface area contributed by atoms with Crippen molar-refractivity contribution in [2.75, 3.05) is 5.32 Å². The molecule has 34 heavy (non-hydrogen) atoms. The summed E-state index contributed by atoms with van der Waals surface area (Å²) in [5, 5.41) is 9.61. The van der Waals surface area contributed by atoms with Crippen molar-refractivity contribution in [3.05, 3.63) is 82.5 Å². The summed E-state index contributed by atoms with van der Waals surface area (Å²) in [6, 6.07) is 8.22. The Labute approximate surface area is 193 Å².